The summed E-state index contributed by atoms with van der Waals surface area (Å²) in [6.07, 6.45) is -1.01. The van der Waals surface area contributed by atoms with Crippen LogP contribution in [0.4, 0.5) is 13.2 Å². The zero-order valence-electron chi connectivity index (χ0n) is 17.4. The van der Waals surface area contributed by atoms with Gasteiger partial charge in [0.2, 0.25) is 0 Å². The summed E-state index contributed by atoms with van der Waals surface area (Å²) in [6.45, 7) is -0.741. The molecule has 168 valence electrons. The van der Waals surface area contributed by atoms with Crippen molar-refractivity contribution in [3.63, 3.8) is 0 Å². The molecule has 0 aliphatic heterocycles. The molecular formula is C24H19F3N4OS. The molecular weight excluding hydrogens is 449 g/mol. The molecule has 0 aliphatic carbocycles. The van der Waals surface area contributed by atoms with Crippen molar-refractivity contribution in [3.05, 3.63) is 72.6 Å². The van der Waals surface area contributed by atoms with Gasteiger partial charge in [0.15, 0.2) is 10.9 Å². The molecule has 0 fully saturated rings. The van der Waals surface area contributed by atoms with Crippen LogP contribution in [0, 0.1) is 11.3 Å². The predicted octanol–water partition coefficient (Wildman–Crippen LogP) is 5.96. The van der Waals surface area contributed by atoms with Gasteiger partial charge in [-0.05, 0) is 11.6 Å². The maximum Gasteiger partial charge on any atom is 0.406 e. The third kappa shape index (κ3) is 5.12. The fourth-order valence-corrected chi connectivity index (χ4v) is 4.54. The van der Waals surface area contributed by atoms with Crippen LogP contribution in [0.25, 0.3) is 22.2 Å². The molecule has 0 saturated carbocycles. The zero-order valence-corrected chi connectivity index (χ0v) is 18.2. The number of nitriles is 1. The van der Waals surface area contributed by atoms with E-state index < -0.39 is 12.7 Å². The number of Topliss-reactive ketones (excluding diaryl/α,β-unsaturated/α-hetero) is 1. The molecule has 0 amide bonds. The molecule has 0 unspecified atom stereocenters. The third-order valence-corrected chi connectivity index (χ3v) is 6.10. The van der Waals surface area contributed by atoms with Gasteiger partial charge in [-0.2, -0.15) is 18.4 Å². The van der Waals surface area contributed by atoms with Gasteiger partial charge in [-0.3, -0.25) is 4.79 Å². The Hall–Kier alpha value is -3.51. The van der Waals surface area contributed by atoms with E-state index in [2.05, 4.69) is 11.1 Å². The standard InChI is InChI=1S/C24H19F3N4OS/c25-24(26,27)16-31-21(17-7-2-1-3-8-17)13-29-23(31)33-15-22(32)19-14-30(12-6-11-28)20-10-5-4-9-18(19)20/h1-5,7-10,13-14H,6,12,15-16H2. The van der Waals surface area contributed by atoms with Gasteiger partial charge < -0.3 is 9.13 Å². The number of halogens is 3. The van der Waals surface area contributed by atoms with Crippen LogP contribution in [0.1, 0.15) is 16.8 Å². The Bertz CT molecular complexity index is 1320. The van der Waals surface area contributed by atoms with Crippen molar-refractivity contribution in [3.8, 4) is 17.3 Å². The van der Waals surface area contributed by atoms with Crippen molar-refractivity contribution in [2.24, 2.45) is 0 Å². The second-order valence-electron chi connectivity index (χ2n) is 7.37. The monoisotopic (exact) mass is 468 g/mol. The molecule has 2 heterocycles. The van der Waals surface area contributed by atoms with Gasteiger partial charge in [-0.15, -0.1) is 0 Å². The Labute approximate surface area is 192 Å². The number of alkyl halides is 3. The molecule has 0 saturated heterocycles. The van der Waals surface area contributed by atoms with Crippen LogP contribution in [-0.2, 0) is 13.1 Å². The number of hydrogen-bond donors (Lipinski definition) is 0. The first-order valence-electron chi connectivity index (χ1n) is 10.2. The molecule has 4 aromatic rings. The first-order chi connectivity index (χ1) is 15.9. The SMILES string of the molecule is N#CCCn1cc(C(=O)CSc2ncc(-c3ccccc3)n2CC(F)(F)F)c2ccccc21. The lowest BCUT2D eigenvalue weighted by molar-refractivity contribution is -0.141. The molecule has 4 rings (SSSR count). The number of nitrogens with zero attached hydrogens (tertiary/aromatic N) is 4. The minimum Gasteiger partial charge on any atom is -0.346 e. The number of fused-ring (bicyclic) bond motifs is 1. The van der Waals surface area contributed by atoms with Gasteiger partial charge in [0.25, 0.3) is 0 Å². The molecule has 0 atom stereocenters. The number of rotatable bonds is 8. The number of carbonyl (C=O) groups is 1. The molecule has 0 bridgehead atoms. The van der Waals surface area contributed by atoms with Crippen LogP contribution in [-0.4, -0.2) is 31.8 Å². The number of carbonyl (C=O) groups excluding carboxylic acids is 1. The summed E-state index contributed by atoms with van der Waals surface area (Å²) in [7, 11) is 0. The Morgan fingerprint density at radius 1 is 1.09 bits per heavy atom. The van der Waals surface area contributed by atoms with E-state index in [0.29, 0.717) is 29.8 Å². The molecule has 0 spiro atoms. The summed E-state index contributed by atoms with van der Waals surface area (Å²) in [4.78, 5) is 17.2. The molecule has 0 N–H and O–H groups in total. The Morgan fingerprint density at radius 3 is 2.55 bits per heavy atom. The van der Waals surface area contributed by atoms with E-state index in [1.165, 1.54) is 6.20 Å². The van der Waals surface area contributed by atoms with Crippen LogP contribution < -0.4 is 0 Å². The lowest BCUT2D eigenvalue weighted by Crippen LogP contribution is -2.19. The quantitative estimate of drug-likeness (QED) is 0.237. The number of ketones is 1. The lowest BCUT2D eigenvalue weighted by atomic mass is 10.1. The van der Waals surface area contributed by atoms with Gasteiger partial charge >= 0.3 is 6.18 Å². The topological polar surface area (TPSA) is 63.6 Å². The van der Waals surface area contributed by atoms with Gasteiger partial charge in [0, 0.05) is 29.2 Å². The average molecular weight is 469 g/mol. The van der Waals surface area contributed by atoms with E-state index in [4.69, 9.17) is 5.26 Å². The minimum atomic E-state index is -4.43. The first kappa shape index (κ1) is 22.7. The van der Waals surface area contributed by atoms with Gasteiger partial charge in [-0.1, -0.05) is 60.3 Å². The number of imidazole rings is 1. The van der Waals surface area contributed by atoms with Gasteiger partial charge in [0.1, 0.15) is 6.54 Å². The summed E-state index contributed by atoms with van der Waals surface area (Å²) >= 11 is 0.983. The van der Waals surface area contributed by atoms with E-state index >= 15 is 0 Å². The summed E-state index contributed by atoms with van der Waals surface area (Å²) in [5.41, 5.74) is 2.28. The number of benzene rings is 2. The van der Waals surface area contributed by atoms with Crippen molar-refractivity contribution < 1.29 is 18.0 Å². The maximum absolute atomic E-state index is 13.3. The fourth-order valence-electron chi connectivity index (χ4n) is 3.68. The summed E-state index contributed by atoms with van der Waals surface area (Å²) in [5, 5.41) is 9.78. The van der Waals surface area contributed by atoms with Crippen molar-refractivity contribution in [1.82, 2.24) is 14.1 Å². The van der Waals surface area contributed by atoms with Crippen LogP contribution in [0.15, 0.2) is 72.1 Å². The number of aryl methyl sites for hydroxylation is 1. The number of para-hydroxylation sites is 1. The first-order valence-corrected chi connectivity index (χ1v) is 11.1. The molecule has 33 heavy (non-hydrogen) atoms. The maximum atomic E-state index is 13.3. The molecule has 2 aromatic carbocycles. The smallest absolute Gasteiger partial charge is 0.346 e. The second kappa shape index (κ2) is 9.55. The number of aromatic nitrogens is 3. The summed E-state index contributed by atoms with van der Waals surface area (Å²) in [5.74, 6) is -0.273. The highest BCUT2D eigenvalue weighted by Crippen LogP contribution is 2.31. The van der Waals surface area contributed by atoms with Crippen molar-refractivity contribution >= 4 is 28.4 Å². The third-order valence-electron chi connectivity index (χ3n) is 5.11. The average Bonchev–Trinajstić information content (AvgIpc) is 3.37. The predicted molar refractivity (Wildman–Crippen MR) is 121 cm³/mol. The van der Waals surface area contributed by atoms with E-state index in [-0.39, 0.29) is 16.7 Å². The normalized spacial score (nSPS) is 11.6. The summed E-state index contributed by atoms with van der Waals surface area (Å²) < 4.78 is 42.8. The zero-order chi connectivity index (χ0) is 23.4. The van der Waals surface area contributed by atoms with E-state index in [9.17, 15) is 18.0 Å². The Balaban J connectivity index is 1.60. The van der Waals surface area contributed by atoms with Crippen LogP contribution in [0.3, 0.4) is 0 Å². The second-order valence-corrected chi connectivity index (χ2v) is 8.31. The largest absolute Gasteiger partial charge is 0.406 e. The Kier molecular flexibility index (Phi) is 6.56. The Morgan fingerprint density at radius 2 is 1.82 bits per heavy atom. The van der Waals surface area contributed by atoms with E-state index in [1.807, 2.05) is 28.8 Å². The van der Waals surface area contributed by atoms with E-state index in [1.54, 1.807) is 36.5 Å². The van der Waals surface area contributed by atoms with Crippen LogP contribution >= 0.6 is 11.8 Å². The molecule has 0 aliphatic rings. The number of thioether (sulfide) groups is 1. The van der Waals surface area contributed by atoms with E-state index in [0.717, 1.165) is 27.2 Å². The fraction of sp³-hybridized carbons (Fsp3) is 0.208. The van der Waals surface area contributed by atoms with Crippen LogP contribution in [0.5, 0.6) is 0 Å². The van der Waals surface area contributed by atoms with Gasteiger partial charge in [0.05, 0.1) is 30.1 Å². The highest BCUT2D eigenvalue weighted by Gasteiger charge is 2.31. The number of hydrogen-bond acceptors (Lipinski definition) is 4. The van der Waals surface area contributed by atoms with Crippen molar-refractivity contribution in [2.75, 3.05) is 5.75 Å². The molecule has 5 nitrogen and oxygen atoms in total. The molecule has 0 radical (unpaired) electrons. The molecule has 9 heteroatoms. The highest BCUT2D eigenvalue weighted by molar-refractivity contribution is 7.99. The van der Waals surface area contributed by atoms with Crippen molar-refractivity contribution in [2.45, 2.75) is 30.8 Å². The lowest BCUT2D eigenvalue weighted by Gasteiger charge is -2.14. The minimum absolute atomic E-state index is 0.0602. The molecule has 2 aromatic heterocycles. The highest BCUT2D eigenvalue weighted by atomic mass is 32.2. The van der Waals surface area contributed by atoms with Gasteiger partial charge in [-0.25, -0.2) is 4.98 Å². The summed E-state index contributed by atoms with van der Waals surface area (Å²) in [6, 6.07) is 18.2. The van der Waals surface area contributed by atoms with Crippen LogP contribution in [0.2, 0.25) is 0 Å². The van der Waals surface area contributed by atoms with Crippen molar-refractivity contribution in [1.29, 1.82) is 5.26 Å².